The van der Waals surface area contributed by atoms with Crippen molar-refractivity contribution in [3.05, 3.63) is 65.2 Å². The second-order valence-electron chi connectivity index (χ2n) is 5.86. The van der Waals surface area contributed by atoms with Crippen LogP contribution in [0.3, 0.4) is 0 Å². The standard InChI is InChI=1S/C19H17N3O2/c1-13-7-9-17(10-8-13)22-14(2)18(23)21(19(22)24)12-16-6-4-3-5-15(16)11-20/h3-10,14H,12H2,1-2H3/t14-/m1/s1. The number of nitrogens with zero attached hydrogens (tertiary/aromatic N) is 3. The van der Waals surface area contributed by atoms with Crippen LogP contribution in [0.2, 0.25) is 0 Å². The SMILES string of the molecule is Cc1ccc(N2C(=O)N(Cc3ccccc3C#N)C(=O)[C@H]2C)cc1. The van der Waals surface area contributed by atoms with Crippen LogP contribution in [-0.4, -0.2) is 22.9 Å². The third-order valence-corrected chi connectivity index (χ3v) is 4.23. The minimum Gasteiger partial charge on any atom is -0.282 e. The van der Waals surface area contributed by atoms with E-state index in [9.17, 15) is 14.9 Å². The van der Waals surface area contributed by atoms with Gasteiger partial charge in [-0.1, -0.05) is 35.9 Å². The van der Waals surface area contributed by atoms with Crippen LogP contribution in [0.15, 0.2) is 48.5 Å². The van der Waals surface area contributed by atoms with Crippen LogP contribution in [-0.2, 0) is 11.3 Å². The maximum Gasteiger partial charge on any atom is 0.332 e. The number of aryl methyl sites for hydroxylation is 1. The fourth-order valence-corrected chi connectivity index (χ4v) is 2.85. The zero-order chi connectivity index (χ0) is 17.3. The van der Waals surface area contributed by atoms with Crippen molar-refractivity contribution in [1.29, 1.82) is 5.26 Å². The van der Waals surface area contributed by atoms with Gasteiger partial charge in [0, 0.05) is 5.69 Å². The molecule has 2 aromatic rings. The Labute approximate surface area is 140 Å². The zero-order valence-corrected chi connectivity index (χ0v) is 13.6. The molecule has 24 heavy (non-hydrogen) atoms. The topological polar surface area (TPSA) is 64.4 Å². The first kappa shape index (κ1) is 15.8. The molecule has 1 fully saturated rings. The quantitative estimate of drug-likeness (QED) is 0.816. The summed E-state index contributed by atoms with van der Waals surface area (Å²) in [6, 6.07) is 15.7. The van der Waals surface area contributed by atoms with Gasteiger partial charge in [-0.15, -0.1) is 0 Å². The van der Waals surface area contributed by atoms with Crippen LogP contribution in [0, 0.1) is 18.3 Å². The molecule has 0 radical (unpaired) electrons. The van der Waals surface area contributed by atoms with E-state index in [1.54, 1.807) is 31.2 Å². The van der Waals surface area contributed by atoms with Crippen LogP contribution in [0.4, 0.5) is 10.5 Å². The van der Waals surface area contributed by atoms with Crippen LogP contribution in [0.25, 0.3) is 0 Å². The van der Waals surface area contributed by atoms with Crippen LogP contribution < -0.4 is 4.90 Å². The molecule has 1 saturated heterocycles. The molecule has 0 bridgehead atoms. The Morgan fingerprint density at radius 3 is 2.42 bits per heavy atom. The van der Waals surface area contributed by atoms with Crippen molar-refractivity contribution in [1.82, 2.24) is 4.90 Å². The number of rotatable bonds is 3. The van der Waals surface area contributed by atoms with Crippen molar-refractivity contribution >= 4 is 17.6 Å². The van der Waals surface area contributed by atoms with Gasteiger partial charge < -0.3 is 0 Å². The molecule has 3 rings (SSSR count). The molecule has 0 aliphatic carbocycles. The molecule has 120 valence electrons. The molecule has 0 N–H and O–H groups in total. The highest BCUT2D eigenvalue weighted by Crippen LogP contribution is 2.27. The predicted molar refractivity (Wildman–Crippen MR) is 90.2 cm³/mol. The van der Waals surface area contributed by atoms with Crippen molar-refractivity contribution in [3.63, 3.8) is 0 Å². The normalized spacial score (nSPS) is 17.3. The monoisotopic (exact) mass is 319 g/mol. The van der Waals surface area contributed by atoms with E-state index >= 15 is 0 Å². The lowest BCUT2D eigenvalue weighted by Crippen LogP contribution is -2.33. The highest BCUT2D eigenvalue weighted by atomic mass is 16.2. The molecule has 1 aliphatic rings. The van der Waals surface area contributed by atoms with Gasteiger partial charge in [-0.25, -0.2) is 4.79 Å². The highest BCUT2D eigenvalue weighted by Gasteiger charge is 2.43. The third-order valence-electron chi connectivity index (χ3n) is 4.23. The summed E-state index contributed by atoms with van der Waals surface area (Å²) in [6.07, 6.45) is 0. The number of benzene rings is 2. The number of imide groups is 1. The summed E-state index contributed by atoms with van der Waals surface area (Å²) < 4.78 is 0. The smallest absolute Gasteiger partial charge is 0.282 e. The minimum absolute atomic E-state index is 0.105. The Kier molecular flexibility index (Phi) is 4.05. The fourth-order valence-electron chi connectivity index (χ4n) is 2.85. The lowest BCUT2D eigenvalue weighted by atomic mass is 10.1. The minimum atomic E-state index is -0.561. The summed E-state index contributed by atoms with van der Waals surface area (Å²) >= 11 is 0. The maximum atomic E-state index is 12.8. The first-order valence-electron chi connectivity index (χ1n) is 7.72. The lowest BCUT2D eigenvalue weighted by molar-refractivity contribution is -0.127. The van der Waals surface area contributed by atoms with Gasteiger partial charge in [0.2, 0.25) is 0 Å². The number of hydrogen-bond donors (Lipinski definition) is 0. The van der Waals surface area contributed by atoms with E-state index in [0.717, 1.165) is 5.56 Å². The number of carbonyl (C=O) groups is 2. The Morgan fingerprint density at radius 1 is 1.08 bits per heavy atom. The average molecular weight is 319 g/mol. The number of carbonyl (C=O) groups excluding carboxylic acids is 2. The van der Waals surface area contributed by atoms with Crippen LogP contribution in [0.1, 0.15) is 23.6 Å². The van der Waals surface area contributed by atoms with Crippen LogP contribution >= 0.6 is 0 Å². The fraction of sp³-hybridized carbons (Fsp3) is 0.211. The second kappa shape index (κ2) is 6.17. The lowest BCUT2D eigenvalue weighted by Gasteiger charge is -2.19. The molecular weight excluding hydrogens is 302 g/mol. The Morgan fingerprint density at radius 2 is 1.75 bits per heavy atom. The van der Waals surface area contributed by atoms with E-state index in [4.69, 9.17) is 0 Å². The van der Waals surface area contributed by atoms with Gasteiger partial charge in [0.1, 0.15) is 6.04 Å². The Hall–Kier alpha value is -3.13. The summed E-state index contributed by atoms with van der Waals surface area (Å²) in [5.74, 6) is -0.256. The van der Waals surface area contributed by atoms with Crippen molar-refractivity contribution < 1.29 is 9.59 Å². The molecular formula is C19H17N3O2. The van der Waals surface area contributed by atoms with Crippen molar-refractivity contribution in [2.45, 2.75) is 26.4 Å². The molecule has 0 spiro atoms. The first-order valence-corrected chi connectivity index (χ1v) is 7.72. The van der Waals surface area contributed by atoms with Gasteiger partial charge in [0.15, 0.2) is 0 Å². The predicted octanol–water partition coefficient (Wildman–Crippen LogP) is 3.22. The van der Waals surface area contributed by atoms with Crippen molar-refractivity contribution in [2.75, 3.05) is 4.90 Å². The first-order chi connectivity index (χ1) is 11.5. The molecule has 1 aliphatic heterocycles. The van der Waals surface area contributed by atoms with E-state index in [2.05, 4.69) is 6.07 Å². The number of nitriles is 1. The van der Waals surface area contributed by atoms with Crippen LogP contribution in [0.5, 0.6) is 0 Å². The van der Waals surface area contributed by atoms with Gasteiger partial charge in [-0.05, 0) is 37.6 Å². The van der Waals surface area contributed by atoms with Gasteiger partial charge in [-0.2, -0.15) is 5.26 Å². The van der Waals surface area contributed by atoms with Gasteiger partial charge >= 0.3 is 6.03 Å². The molecule has 1 heterocycles. The average Bonchev–Trinajstić information content (AvgIpc) is 2.80. The van der Waals surface area contributed by atoms with E-state index in [0.29, 0.717) is 16.8 Å². The van der Waals surface area contributed by atoms with E-state index in [1.165, 1.54) is 9.80 Å². The van der Waals surface area contributed by atoms with Gasteiger partial charge in [-0.3, -0.25) is 14.6 Å². The molecule has 5 heteroatoms. The number of urea groups is 1. The van der Waals surface area contributed by atoms with Gasteiger partial charge in [0.25, 0.3) is 5.91 Å². The molecule has 0 saturated carbocycles. The third kappa shape index (κ3) is 2.63. The molecule has 3 amide bonds. The zero-order valence-electron chi connectivity index (χ0n) is 13.6. The molecule has 5 nitrogen and oxygen atoms in total. The summed E-state index contributed by atoms with van der Waals surface area (Å²) in [5.41, 5.74) is 2.92. The van der Waals surface area contributed by atoms with E-state index in [1.807, 2.05) is 31.2 Å². The summed E-state index contributed by atoms with van der Waals surface area (Å²) in [7, 11) is 0. The largest absolute Gasteiger partial charge is 0.332 e. The number of anilines is 1. The van der Waals surface area contributed by atoms with E-state index < -0.39 is 6.04 Å². The van der Waals surface area contributed by atoms with Crippen molar-refractivity contribution in [2.24, 2.45) is 0 Å². The van der Waals surface area contributed by atoms with E-state index in [-0.39, 0.29) is 18.5 Å². The second-order valence-corrected chi connectivity index (χ2v) is 5.86. The Balaban J connectivity index is 1.91. The summed E-state index contributed by atoms with van der Waals surface area (Å²) in [4.78, 5) is 28.0. The molecule has 0 aromatic heterocycles. The number of amides is 3. The number of hydrogen-bond acceptors (Lipinski definition) is 3. The molecule has 1 atom stereocenters. The molecule has 2 aromatic carbocycles. The molecule has 0 unspecified atom stereocenters. The summed E-state index contributed by atoms with van der Waals surface area (Å²) in [6.45, 7) is 3.79. The van der Waals surface area contributed by atoms with Gasteiger partial charge in [0.05, 0.1) is 18.2 Å². The van der Waals surface area contributed by atoms with Crippen molar-refractivity contribution in [3.8, 4) is 6.07 Å². The maximum absolute atomic E-state index is 12.8. The Bertz CT molecular complexity index is 836. The highest BCUT2D eigenvalue weighted by molar-refractivity contribution is 6.14. The summed E-state index contributed by atoms with van der Waals surface area (Å²) in [5, 5.41) is 9.18.